The molecule has 6 aromatic carbocycles. The van der Waals surface area contributed by atoms with Gasteiger partial charge in [-0.15, -0.1) is 0 Å². The van der Waals surface area contributed by atoms with Crippen LogP contribution in [-0.4, -0.2) is 58.6 Å². The van der Waals surface area contributed by atoms with Crippen LogP contribution in [0.3, 0.4) is 0 Å². The van der Waals surface area contributed by atoms with E-state index in [1.807, 2.05) is 60.7 Å². The quantitative estimate of drug-likeness (QED) is 0.159. The first kappa shape index (κ1) is 30.1. The van der Waals surface area contributed by atoms with E-state index in [1.54, 1.807) is 12.4 Å². The molecule has 238 valence electrons. The molecule has 6 heteroatoms. The van der Waals surface area contributed by atoms with Crippen molar-refractivity contribution in [3.63, 3.8) is 0 Å². The topological polar surface area (TPSA) is 71.7 Å². The van der Waals surface area contributed by atoms with E-state index < -0.39 is 0 Å². The van der Waals surface area contributed by atoms with Crippen LogP contribution < -0.4 is 0 Å². The maximum atomic E-state index is 11.9. The molecule has 2 heterocycles. The summed E-state index contributed by atoms with van der Waals surface area (Å²) in [5.74, 6) is 0.211. The Bertz CT molecular complexity index is 2000. The van der Waals surface area contributed by atoms with Crippen molar-refractivity contribution in [3.05, 3.63) is 143 Å². The number of rotatable bonds is 9. The van der Waals surface area contributed by atoms with E-state index >= 15 is 0 Å². The van der Waals surface area contributed by atoms with Gasteiger partial charge in [-0.05, 0) is 55.9 Å². The van der Waals surface area contributed by atoms with E-state index in [0.29, 0.717) is 35.3 Å². The van der Waals surface area contributed by atoms with Gasteiger partial charge in [-0.2, -0.15) is 0 Å². The van der Waals surface area contributed by atoms with Crippen LogP contribution >= 0.6 is 0 Å². The highest BCUT2D eigenvalue weighted by atomic mass is 16.3. The Morgan fingerprint density at radius 3 is 1.25 bits per heavy atom. The fraction of sp³-hybridized carbons (Fsp3) is 0.190. The van der Waals surface area contributed by atoms with Gasteiger partial charge in [0.1, 0.15) is 11.5 Å². The van der Waals surface area contributed by atoms with Crippen LogP contribution in [0.4, 0.5) is 0 Å². The number of aromatic hydroxyl groups is 2. The zero-order valence-electron chi connectivity index (χ0n) is 26.9. The van der Waals surface area contributed by atoms with Gasteiger partial charge in [0.05, 0.1) is 13.1 Å². The summed E-state index contributed by atoms with van der Waals surface area (Å²) in [6, 6.07) is 37.1. The second kappa shape index (κ2) is 13.1. The molecule has 0 aromatic heterocycles. The van der Waals surface area contributed by atoms with Crippen molar-refractivity contribution in [1.29, 1.82) is 0 Å². The van der Waals surface area contributed by atoms with Gasteiger partial charge in [0.2, 0.25) is 0 Å². The average molecular weight is 631 g/mol. The molecule has 2 N–H and O–H groups in total. The Morgan fingerprint density at radius 2 is 0.854 bits per heavy atom. The monoisotopic (exact) mass is 630 g/mol. The minimum absolute atomic E-state index is 0.106. The third-order valence-electron chi connectivity index (χ3n) is 9.72. The fourth-order valence-corrected chi connectivity index (χ4v) is 7.27. The smallest absolute Gasteiger partial charge is 0.132 e. The number of hydrogen-bond acceptors (Lipinski definition) is 6. The van der Waals surface area contributed by atoms with Gasteiger partial charge in [-0.25, -0.2) is 0 Å². The normalized spacial score (nSPS) is 14.9. The number of phenolic OH excluding ortho intramolecular Hbond substituents is 2. The highest BCUT2D eigenvalue weighted by Crippen LogP contribution is 2.47. The third kappa shape index (κ3) is 5.85. The molecule has 0 unspecified atom stereocenters. The summed E-state index contributed by atoms with van der Waals surface area (Å²) < 4.78 is 0. The maximum absolute atomic E-state index is 11.9. The Hall–Kier alpha value is -5.30. The highest BCUT2D eigenvalue weighted by Gasteiger charge is 2.22. The van der Waals surface area contributed by atoms with Gasteiger partial charge < -0.3 is 10.2 Å². The number of benzene rings is 6. The average Bonchev–Trinajstić information content (AvgIpc) is 3.73. The molecule has 8 rings (SSSR count). The molecule has 0 atom stereocenters. The van der Waals surface area contributed by atoms with Crippen molar-refractivity contribution in [2.75, 3.05) is 26.2 Å². The molecule has 48 heavy (non-hydrogen) atoms. The second-order valence-electron chi connectivity index (χ2n) is 12.9. The van der Waals surface area contributed by atoms with Crippen LogP contribution in [0.2, 0.25) is 0 Å². The summed E-state index contributed by atoms with van der Waals surface area (Å²) in [5.41, 5.74) is 7.99. The molecule has 2 aliphatic heterocycles. The maximum Gasteiger partial charge on any atom is 0.132 e. The van der Waals surface area contributed by atoms with Gasteiger partial charge >= 0.3 is 0 Å². The molecule has 0 aliphatic carbocycles. The van der Waals surface area contributed by atoms with Crippen LogP contribution in [0.5, 0.6) is 11.5 Å². The summed E-state index contributed by atoms with van der Waals surface area (Å²) in [6.45, 7) is 6.68. The lowest BCUT2D eigenvalue weighted by atomic mass is 9.89. The van der Waals surface area contributed by atoms with E-state index in [0.717, 1.165) is 60.8 Å². The SMILES string of the molecule is Oc1c(C=NCCN2Cc3ccccc3C2)cc2ccccc2c1-c1c(O)c(C=NCCN2Cc3ccccc3C2)cc2ccccc12. The minimum Gasteiger partial charge on any atom is -0.507 e. The molecule has 0 bridgehead atoms. The summed E-state index contributed by atoms with van der Waals surface area (Å²) in [5, 5.41) is 27.5. The van der Waals surface area contributed by atoms with Crippen LogP contribution in [0.15, 0.2) is 119 Å². The predicted octanol–water partition coefficient (Wildman–Crippen LogP) is 7.94. The van der Waals surface area contributed by atoms with Crippen LogP contribution in [0.25, 0.3) is 32.7 Å². The number of hydrogen-bond donors (Lipinski definition) is 2. The van der Waals surface area contributed by atoms with Crippen LogP contribution in [0, 0.1) is 0 Å². The Kier molecular flexibility index (Phi) is 8.18. The minimum atomic E-state index is 0.106. The lowest BCUT2D eigenvalue weighted by Gasteiger charge is -2.17. The van der Waals surface area contributed by atoms with E-state index in [2.05, 4.69) is 58.3 Å². The van der Waals surface area contributed by atoms with E-state index in [9.17, 15) is 10.2 Å². The van der Waals surface area contributed by atoms with Crippen molar-refractivity contribution >= 4 is 34.0 Å². The number of fused-ring (bicyclic) bond motifs is 4. The molecule has 2 aliphatic rings. The van der Waals surface area contributed by atoms with Crippen LogP contribution in [0.1, 0.15) is 33.4 Å². The van der Waals surface area contributed by atoms with Crippen molar-refractivity contribution in [1.82, 2.24) is 9.80 Å². The summed E-state index contributed by atoms with van der Waals surface area (Å²) >= 11 is 0. The van der Waals surface area contributed by atoms with Gasteiger partial charge in [-0.1, -0.05) is 97.1 Å². The third-order valence-corrected chi connectivity index (χ3v) is 9.72. The van der Waals surface area contributed by atoms with E-state index in [1.165, 1.54) is 22.3 Å². The van der Waals surface area contributed by atoms with Gasteiger partial charge in [0, 0.05) is 74.0 Å². The molecule has 0 spiro atoms. The number of phenols is 2. The Morgan fingerprint density at radius 1 is 0.500 bits per heavy atom. The first-order valence-corrected chi connectivity index (χ1v) is 16.7. The molecule has 6 aromatic rings. The molecule has 0 fully saturated rings. The highest BCUT2D eigenvalue weighted by molar-refractivity contribution is 6.14. The summed E-state index contributed by atoms with van der Waals surface area (Å²) in [4.78, 5) is 14.3. The zero-order chi connectivity index (χ0) is 32.5. The molecule has 0 saturated heterocycles. The van der Waals surface area contributed by atoms with Crippen molar-refractivity contribution in [3.8, 4) is 22.6 Å². The van der Waals surface area contributed by atoms with E-state index in [4.69, 9.17) is 9.98 Å². The Balaban J connectivity index is 1.09. The zero-order valence-corrected chi connectivity index (χ0v) is 26.9. The molecule has 0 radical (unpaired) electrons. The summed E-state index contributed by atoms with van der Waals surface area (Å²) in [7, 11) is 0. The van der Waals surface area contributed by atoms with Crippen molar-refractivity contribution in [2.24, 2.45) is 9.98 Å². The molecule has 0 saturated carbocycles. The van der Waals surface area contributed by atoms with Gasteiger partial charge in [0.15, 0.2) is 0 Å². The van der Waals surface area contributed by atoms with Gasteiger partial charge in [-0.3, -0.25) is 19.8 Å². The van der Waals surface area contributed by atoms with E-state index in [-0.39, 0.29) is 11.5 Å². The molecular weight excluding hydrogens is 592 g/mol. The molecule has 0 amide bonds. The summed E-state index contributed by atoms with van der Waals surface area (Å²) in [6.07, 6.45) is 3.55. The molecule has 6 nitrogen and oxygen atoms in total. The van der Waals surface area contributed by atoms with Gasteiger partial charge in [0.25, 0.3) is 0 Å². The Labute approximate surface area is 281 Å². The standard InChI is InChI=1S/C42H38N4O2/c47-41-35(23-43-17-19-45-25-31-11-1-2-12-32(31)26-45)21-29-9-5-7-15-37(29)39(41)40-38-16-8-6-10-30(38)22-36(42(40)48)24-44-18-20-46-27-33-13-3-4-14-34(33)28-46/h1-16,21-24,47-48H,17-20,25-28H2. The lowest BCUT2D eigenvalue weighted by Crippen LogP contribution is -2.19. The van der Waals surface area contributed by atoms with Crippen molar-refractivity contribution in [2.45, 2.75) is 26.2 Å². The largest absolute Gasteiger partial charge is 0.507 e. The first-order valence-electron chi connectivity index (χ1n) is 16.7. The number of aliphatic imine (C=N–C) groups is 2. The van der Waals surface area contributed by atoms with Crippen LogP contribution in [-0.2, 0) is 26.2 Å². The van der Waals surface area contributed by atoms with Crippen molar-refractivity contribution < 1.29 is 10.2 Å². The first-order chi connectivity index (χ1) is 23.6. The molecular formula is C42H38N4O2. The fourth-order valence-electron chi connectivity index (χ4n) is 7.27. The lowest BCUT2D eigenvalue weighted by molar-refractivity contribution is 0.293. The predicted molar refractivity (Wildman–Crippen MR) is 196 cm³/mol. The number of nitrogens with zero attached hydrogens (tertiary/aromatic N) is 4. The second-order valence-corrected chi connectivity index (χ2v) is 12.9.